The number of nitriles is 2. The van der Waals surface area contributed by atoms with E-state index in [0.717, 1.165) is 0 Å². The summed E-state index contributed by atoms with van der Waals surface area (Å²) in [6.45, 7) is 4.88. The van der Waals surface area contributed by atoms with Crippen molar-refractivity contribution in [2.75, 3.05) is 6.61 Å². The number of hydrogen-bond donors (Lipinski definition) is 0. The third kappa shape index (κ3) is 11.3. The lowest BCUT2D eigenvalue weighted by atomic mass is 9.99. The number of carbonyl (C=O) groups excluding carboxylic acids is 1. The molecule has 23 heavy (non-hydrogen) atoms. The van der Waals surface area contributed by atoms with E-state index in [-0.39, 0.29) is 19.4 Å². The van der Waals surface area contributed by atoms with Gasteiger partial charge in [-0.15, -0.1) is 33.2 Å². The third-order valence-corrected chi connectivity index (χ3v) is 5.34. The van der Waals surface area contributed by atoms with Crippen LogP contribution in [-0.2, 0) is 9.53 Å². The molecule has 0 saturated carbocycles. The van der Waals surface area contributed by atoms with Gasteiger partial charge in [0.1, 0.15) is 0 Å². The average molecular weight is 398 g/mol. The van der Waals surface area contributed by atoms with Crippen LogP contribution in [0.1, 0.15) is 40.0 Å². The van der Waals surface area contributed by atoms with Crippen LogP contribution in [0, 0.1) is 22.7 Å². The predicted molar refractivity (Wildman–Crippen MR) is 91.5 cm³/mol. The molecule has 0 aliphatic carbocycles. The first-order chi connectivity index (χ1) is 10.4. The van der Waals surface area contributed by atoms with Gasteiger partial charge in [0.25, 0.3) is 0 Å². The summed E-state index contributed by atoms with van der Waals surface area (Å²) in [6, 6.07) is 1.68. The standard InChI is InChI=1S/C13H19Cl3N4O2Si/c1-12(2,9-17)19-20-13(3,10-18)6-5-11(21)22-7-4-8-23(14,15)16/h4-8H2,1-3H3/b20-19+. The first kappa shape index (κ1) is 22.1. The summed E-state index contributed by atoms with van der Waals surface area (Å²) >= 11 is 17.2. The molecule has 0 spiro atoms. The van der Waals surface area contributed by atoms with Gasteiger partial charge in [-0.2, -0.15) is 20.8 Å². The fourth-order valence-electron chi connectivity index (χ4n) is 1.26. The Labute approximate surface area is 151 Å². The summed E-state index contributed by atoms with van der Waals surface area (Å²) in [7, 11) is 0. The molecule has 0 aliphatic heterocycles. The number of ether oxygens (including phenoxy) is 1. The van der Waals surface area contributed by atoms with E-state index >= 15 is 0 Å². The van der Waals surface area contributed by atoms with Crippen molar-refractivity contribution < 1.29 is 9.53 Å². The summed E-state index contributed by atoms with van der Waals surface area (Å²) in [6.07, 6.45) is 0.647. The second-order valence-corrected chi connectivity index (χ2v) is 15.0. The molecule has 0 aromatic rings. The summed E-state index contributed by atoms with van der Waals surface area (Å²) in [4.78, 5) is 11.6. The smallest absolute Gasteiger partial charge is 0.341 e. The van der Waals surface area contributed by atoms with Gasteiger partial charge in [-0.05, 0) is 39.7 Å². The zero-order valence-electron chi connectivity index (χ0n) is 13.3. The van der Waals surface area contributed by atoms with Crippen molar-refractivity contribution in [2.45, 2.75) is 57.2 Å². The zero-order chi connectivity index (χ0) is 18.1. The normalized spacial score (nSPS) is 14.8. The number of carbonyl (C=O) groups is 1. The molecule has 0 saturated heterocycles. The molecule has 1 atom stereocenters. The second kappa shape index (κ2) is 9.44. The van der Waals surface area contributed by atoms with Gasteiger partial charge in [-0.1, -0.05) is 0 Å². The van der Waals surface area contributed by atoms with Crippen molar-refractivity contribution in [3.8, 4) is 12.1 Å². The maximum absolute atomic E-state index is 11.6. The minimum Gasteiger partial charge on any atom is -0.466 e. The number of azo groups is 1. The lowest BCUT2D eigenvalue weighted by Gasteiger charge is -2.16. The maximum atomic E-state index is 11.6. The van der Waals surface area contributed by atoms with Crippen molar-refractivity contribution in [2.24, 2.45) is 10.2 Å². The number of halogens is 3. The lowest BCUT2D eigenvalue weighted by Crippen LogP contribution is -2.23. The van der Waals surface area contributed by atoms with Crippen LogP contribution in [0.4, 0.5) is 0 Å². The van der Waals surface area contributed by atoms with Gasteiger partial charge in [-0.25, -0.2) is 0 Å². The first-order valence-electron chi connectivity index (χ1n) is 6.92. The molecule has 10 heteroatoms. The molecule has 0 rings (SSSR count). The average Bonchev–Trinajstić information content (AvgIpc) is 2.47. The molecule has 0 aromatic heterocycles. The Bertz CT molecular complexity index is 523. The van der Waals surface area contributed by atoms with Crippen LogP contribution in [0.15, 0.2) is 10.2 Å². The molecule has 0 fully saturated rings. The Balaban J connectivity index is 4.33. The Hall–Kier alpha value is -0.863. The van der Waals surface area contributed by atoms with E-state index in [1.165, 1.54) is 0 Å². The zero-order valence-corrected chi connectivity index (χ0v) is 16.5. The molecule has 0 N–H and O–H groups in total. The molecule has 6 nitrogen and oxygen atoms in total. The van der Waals surface area contributed by atoms with Crippen LogP contribution < -0.4 is 0 Å². The molecular formula is C13H19Cl3N4O2Si. The van der Waals surface area contributed by atoms with Gasteiger partial charge in [0.2, 0.25) is 0 Å². The van der Waals surface area contributed by atoms with E-state index < -0.39 is 23.1 Å². The molecule has 0 aliphatic rings. The monoisotopic (exact) mass is 396 g/mol. The predicted octanol–water partition coefficient (Wildman–Crippen LogP) is 4.39. The molecule has 1 unspecified atom stereocenters. The van der Waals surface area contributed by atoms with Crippen molar-refractivity contribution in [1.82, 2.24) is 0 Å². The molecule has 0 bridgehead atoms. The van der Waals surface area contributed by atoms with Crippen LogP contribution in [0.3, 0.4) is 0 Å². The lowest BCUT2D eigenvalue weighted by molar-refractivity contribution is -0.143. The molecule has 0 heterocycles. The Kier molecular flexibility index (Phi) is 9.08. The van der Waals surface area contributed by atoms with Gasteiger partial charge >= 0.3 is 12.0 Å². The summed E-state index contributed by atoms with van der Waals surface area (Å²) in [5.41, 5.74) is -2.20. The van der Waals surface area contributed by atoms with Gasteiger partial charge in [0, 0.05) is 6.42 Å². The molecule has 0 radical (unpaired) electrons. The van der Waals surface area contributed by atoms with E-state index in [2.05, 4.69) is 10.2 Å². The van der Waals surface area contributed by atoms with E-state index in [0.29, 0.717) is 12.5 Å². The summed E-state index contributed by atoms with van der Waals surface area (Å²) < 4.78 is 5.02. The van der Waals surface area contributed by atoms with Crippen LogP contribution in [0.2, 0.25) is 6.04 Å². The van der Waals surface area contributed by atoms with Crippen molar-refractivity contribution in [1.29, 1.82) is 10.5 Å². The Morgan fingerprint density at radius 1 is 1.17 bits per heavy atom. The SMILES string of the molecule is CC(C)(C#N)/N=N/C(C)(C#N)CCC(=O)OCCC[Si](Cl)(Cl)Cl. The van der Waals surface area contributed by atoms with E-state index in [1.807, 2.05) is 12.1 Å². The highest BCUT2D eigenvalue weighted by Crippen LogP contribution is 2.26. The number of esters is 1. The molecule has 128 valence electrons. The maximum Gasteiger partial charge on any atom is 0.341 e. The molecule has 0 amide bonds. The number of rotatable bonds is 9. The van der Waals surface area contributed by atoms with Crippen molar-refractivity contribution in [3.05, 3.63) is 0 Å². The number of hydrogen-bond acceptors (Lipinski definition) is 6. The van der Waals surface area contributed by atoms with E-state index in [1.54, 1.807) is 20.8 Å². The Morgan fingerprint density at radius 2 is 1.78 bits per heavy atom. The largest absolute Gasteiger partial charge is 0.466 e. The van der Waals surface area contributed by atoms with Crippen LogP contribution >= 0.6 is 33.2 Å². The highest BCUT2D eigenvalue weighted by Gasteiger charge is 2.27. The highest BCUT2D eigenvalue weighted by molar-refractivity contribution is 7.64. The van der Waals surface area contributed by atoms with Gasteiger partial charge < -0.3 is 4.74 Å². The van der Waals surface area contributed by atoms with Crippen LogP contribution in [-0.4, -0.2) is 29.7 Å². The fraction of sp³-hybridized carbons (Fsp3) is 0.769. The molecular weight excluding hydrogens is 379 g/mol. The van der Waals surface area contributed by atoms with Crippen molar-refractivity contribution >= 4 is 45.2 Å². The van der Waals surface area contributed by atoms with Crippen LogP contribution in [0.25, 0.3) is 0 Å². The second-order valence-electron chi connectivity index (χ2n) is 5.70. The quantitative estimate of drug-likeness (QED) is 0.189. The van der Waals surface area contributed by atoms with Crippen LogP contribution in [0.5, 0.6) is 0 Å². The van der Waals surface area contributed by atoms with E-state index in [4.69, 9.17) is 43.2 Å². The minimum absolute atomic E-state index is 0.0151. The van der Waals surface area contributed by atoms with Gasteiger partial charge in [-0.3, -0.25) is 4.79 Å². The van der Waals surface area contributed by atoms with Gasteiger partial charge in [0.15, 0.2) is 11.1 Å². The Morgan fingerprint density at radius 3 is 2.26 bits per heavy atom. The first-order valence-corrected chi connectivity index (χ1v) is 12.2. The topological polar surface area (TPSA) is 98.6 Å². The fourth-order valence-corrected chi connectivity index (χ4v) is 3.01. The third-order valence-electron chi connectivity index (χ3n) is 2.72. The summed E-state index contributed by atoms with van der Waals surface area (Å²) in [5.74, 6) is -0.452. The summed E-state index contributed by atoms with van der Waals surface area (Å²) in [5, 5.41) is 25.8. The number of nitrogens with zero attached hydrogens (tertiary/aromatic N) is 4. The van der Waals surface area contributed by atoms with Gasteiger partial charge in [0.05, 0.1) is 18.7 Å². The minimum atomic E-state index is -2.69. The molecule has 0 aromatic carbocycles. The van der Waals surface area contributed by atoms with Crippen molar-refractivity contribution in [3.63, 3.8) is 0 Å². The van der Waals surface area contributed by atoms with E-state index in [9.17, 15) is 10.1 Å². The highest BCUT2D eigenvalue weighted by atomic mass is 35.8.